The molecule has 1 fully saturated rings. The zero-order chi connectivity index (χ0) is 11.4. The average molecular weight is 221 g/mol. The first kappa shape index (κ1) is 11.4. The molecule has 0 saturated carbocycles. The van der Waals surface area contributed by atoms with Gasteiger partial charge in [0, 0.05) is 6.04 Å². The highest BCUT2D eigenvalue weighted by atomic mass is 16.5. The molecule has 1 atom stereocenters. The van der Waals surface area contributed by atoms with Gasteiger partial charge in [0.15, 0.2) is 0 Å². The molecule has 0 amide bonds. The number of hydrogen-bond donors (Lipinski definition) is 1. The van der Waals surface area contributed by atoms with Crippen LogP contribution in [0.4, 0.5) is 0 Å². The second kappa shape index (κ2) is 5.32. The molecule has 0 radical (unpaired) electrons. The molecule has 1 aliphatic rings. The van der Waals surface area contributed by atoms with Crippen LogP contribution in [0.1, 0.15) is 19.4 Å². The average Bonchev–Trinajstić information content (AvgIpc) is 2.73. The normalized spacial score (nSPS) is 20.3. The monoisotopic (exact) mass is 221 g/mol. The Morgan fingerprint density at radius 2 is 2.12 bits per heavy atom. The molecule has 0 spiro atoms. The van der Waals surface area contributed by atoms with Gasteiger partial charge < -0.3 is 9.47 Å². The van der Waals surface area contributed by atoms with Crippen LogP contribution in [0, 0.1) is 0 Å². The Labute approximate surface area is 96.8 Å². The summed E-state index contributed by atoms with van der Waals surface area (Å²) < 4.78 is 10.9. The SMILES string of the molecule is CC(C)Oc1ccc(CC2COCN2)cc1. The van der Waals surface area contributed by atoms with Gasteiger partial charge in [0.25, 0.3) is 0 Å². The fourth-order valence-electron chi connectivity index (χ4n) is 1.83. The summed E-state index contributed by atoms with van der Waals surface area (Å²) in [6, 6.07) is 8.77. The van der Waals surface area contributed by atoms with Crippen LogP contribution < -0.4 is 10.1 Å². The molecule has 88 valence electrons. The summed E-state index contributed by atoms with van der Waals surface area (Å²) in [5.41, 5.74) is 1.32. The van der Waals surface area contributed by atoms with Gasteiger partial charge >= 0.3 is 0 Å². The molecule has 1 aromatic carbocycles. The molecule has 16 heavy (non-hydrogen) atoms. The van der Waals surface area contributed by atoms with E-state index in [4.69, 9.17) is 9.47 Å². The number of ether oxygens (including phenoxy) is 2. The Balaban J connectivity index is 1.90. The van der Waals surface area contributed by atoms with Crippen molar-refractivity contribution >= 4 is 0 Å². The third-order valence-electron chi connectivity index (χ3n) is 2.57. The van der Waals surface area contributed by atoms with E-state index in [0.29, 0.717) is 12.8 Å². The standard InChI is InChI=1S/C13H19NO2/c1-10(2)16-13-5-3-11(4-6-13)7-12-8-15-9-14-12/h3-6,10,12,14H,7-9H2,1-2H3. The van der Waals surface area contributed by atoms with Crippen LogP contribution in [-0.2, 0) is 11.2 Å². The van der Waals surface area contributed by atoms with E-state index in [9.17, 15) is 0 Å². The fourth-order valence-corrected chi connectivity index (χ4v) is 1.83. The first-order chi connectivity index (χ1) is 7.74. The van der Waals surface area contributed by atoms with Gasteiger partial charge in [0.2, 0.25) is 0 Å². The van der Waals surface area contributed by atoms with Crippen LogP contribution in [0.5, 0.6) is 5.75 Å². The molecule has 1 aliphatic heterocycles. The van der Waals surface area contributed by atoms with Crippen molar-refractivity contribution < 1.29 is 9.47 Å². The van der Waals surface area contributed by atoms with E-state index in [1.165, 1.54) is 5.56 Å². The first-order valence-electron chi connectivity index (χ1n) is 5.81. The smallest absolute Gasteiger partial charge is 0.119 e. The summed E-state index contributed by atoms with van der Waals surface area (Å²) in [7, 11) is 0. The quantitative estimate of drug-likeness (QED) is 0.843. The lowest BCUT2D eigenvalue weighted by molar-refractivity contribution is 0.189. The van der Waals surface area contributed by atoms with E-state index in [0.717, 1.165) is 18.8 Å². The highest BCUT2D eigenvalue weighted by molar-refractivity contribution is 5.28. The first-order valence-corrected chi connectivity index (χ1v) is 5.81. The third-order valence-corrected chi connectivity index (χ3v) is 2.57. The van der Waals surface area contributed by atoms with Crippen molar-refractivity contribution in [1.29, 1.82) is 0 Å². The fraction of sp³-hybridized carbons (Fsp3) is 0.538. The van der Waals surface area contributed by atoms with Gasteiger partial charge in [-0.05, 0) is 38.0 Å². The van der Waals surface area contributed by atoms with Crippen molar-refractivity contribution in [1.82, 2.24) is 5.32 Å². The Kier molecular flexibility index (Phi) is 3.80. The molecule has 1 unspecified atom stereocenters. The van der Waals surface area contributed by atoms with Crippen molar-refractivity contribution in [3.63, 3.8) is 0 Å². The van der Waals surface area contributed by atoms with Gasteiger partial charge in [-0.25, -0.2) is 0 Å². The molecule has 2 rings (SSSR count). The predicted molar refractivity (Wildman–Crippen MR) is 63.7 cm³/mol. The predicted octanol–water partition coefficient (Wildman–Crippen LogP) is 1.96. The van der Waals surface area contributed by atoms with Gasteiger partial charge in [-0.15, -0.1) is 0 Å². The summed E-state index contributed by atoms with van der Waals surface area (Å²) in [4.78, 5) is 0. The van der Waals surface area contributed by atoms with Crippen LogP contribution in [0.2, 0.25) is 0 Å². The lowest BCUT2D eigenvalue weighted by Gasteiger charge is -2.11. The Bertz CT molecular complexity index is 315. The molecule has 1 N–H and O–H groups in total. The highest BCUT2D eigenvalue weighted by Crippen LogP contribution is 2.15. The summed E-state index contributed by atoms with van der Waals surface area (Å²) >= 11 is 0. The topological polar surface area (TPSA) is 30.5 Å². The van der Waals surface area contributed by atoms with Gasteiger partial charge in [-0.2, -0.15) is 0 Å². The van der Waals surface area contributed by atoms with E-state index in [2.05, 4.69) is 17.4 Å². The number of nitrogens with one attached hydrogen (secondary N) is 1. The van der Waals surface area contributed by atoms with E-state index in [1.54, 1.807) is 0 Å². The number of benzene rings is 1. The molecule has 0 bridgehead atoms. The van der Waals surface area contributed by atoms with Crippen LogP contribution in [0.25, 0.3) is 0 Å². The van der Waals surface area contributed by atoms with E-state index < -0.39 is 0 Å². The number of rotatable bonds is 4. The minimum Gasteiger partial charge on any atom is -0.491 e. The maximum absolute atomic E-state index is 5.60. The van der Waals surface area contributed by atoms with Gasteiger partial charge in [-0.1, -0.05) is 12.1 Å². The molecule has 3 heteroatoms. The maximum atomic E-state index is 5.60. The maximum Gasteiger partial charge on any atom is 0.119 e. The van der Waals surface area contributed by atoms with Gasteiger partial charge in [0.05, 0.1) is 19.4 Å². The Morgan fingerprint density at radius 1 is 1.38 bits per heavy atom. The van der Waals surface area contributed by atoms with Crippen LogP contribution >= 0.6 is 0 Å². The van der Waals surface area contributed by atoms with Gasteiger partial charge in [-0.3, -0.25) is 5.32 Å². The zero-order valence-electron chi connectivity index (χ0n) is 9.90. The van der Waals surface area contributed by atoms with Crippen molar-refractivity contribution in [2.45, 2.75) is 32.4 Å². The lowest BCUT2D eigenvalue weighted by atomic mass is 10.1. The van der Waals surface area contributed by atoms with E-state index in [1.807, 2.05) is 26.0 Å². The second-order valence-corrected chi connectivity index (χ2v) is 4.43. The molecule has 0 aromatic heterocycles. The molecular formula is C13H19NO2. The van der Waals surface area contributed by atoms with Crippen LogP contribution in [-0.4, -0.2) is 25.5 Å². The van der Waals surface area contributed by atoms with Gasteiger partial charge in [0.1, 0.15) is 5.75 Å². The molecule has 1 aromatic rings. The van der Waals surface area contributed by atoms with Crippen molar-refractivity contribution in [3.8, 4) is 5.75 Å². The molecule has 3 nitrogen and oxygen atoms in total. The third kappa shape index (κ3) is 3.22. The molecule has 1 heterocycles. The minimum absolute atomic E-state index is 0.232. The zero-order valence-corrected chi connectivity index (χ0v) is 9.90. The lowest BCUT2D eigenvalue weighted by Crippen LogP contribution is -2.25. The van der Waals surface area contributed by atoms with Crippen LogP contribution in [0.15, 0.2) is 24.3 Å². The molecule has 0 aliphatic carbocycles. The largest absolute Gasteiger partial charge is 0.491 e. The summed E-state index contributed by atoms with van der Waals surface area (Å²) in [5.74, 6) is 0.939. The highest BCUT2D eigenvalue weighted by Gasteiger charge is 2.14. The summed E-state index contributed by atoms with van der Waals surface area (Å²) in [5, 5.41) is 3.30. The van der Waals surface area contributed by atoms with Crippen molar-refractivity contribution in [2.24, 2.45) is 0 Å². The Hall–Kier alpha value is -1.06. The second-order valence-electron chi connectivity index (χ2n) is 4.43. The Morgan fingerprint density at radius 3 is 2.69 bits per heavy atom. The van der Waals surface area contributed by atoms with Crippen molar-refractivity contribution in [2.75, 3.05) is 13.3 Å². The molecule has 1 saturated heterocycles. The summed E-state index contributed by atoms with van der Waals surface area (Å²) in [6.45, 7) is 5.56. The van der Waals surface area contributed by atoms with Crippen molar-refractivity contribution in [3.05, 3.63) is 29.8 Å². The van der Waals surface area contributed by atoms with Crippen LogP contribution in [0.3, 0.4) is 0 Å². The summed E-state index contributed by atoms with van der Waals surface area (Å²) in [6.07, 6.45) is 1.25. The number of hydrogen-bond acceptors (Lipinski definition) is 3. The van der Waals surface area contributed by atoms with E-state index >= 15 is 0 Å². The van der Waals surface area contributed by atoms with E-state index in [-0.39, 0.29) is 6.10 Å². The minimum atomic E-state index is 0.232. The molecular weight excluding hydrogens is 202 g/mol.